The van der Waals surface area contributed by atoms with E-state index in [0.29, 0.717) is 12.1 Å². The fourth-order valence-electron chi connectivity index (χ4n) is 3.51. The maximum atomic E-state index is 12.3. The Labute approximate surface area is 166 Å². The van der Waals surface area contributed by atoms with Crippen LogP contribution in [0.25, 0.3) is 11.1 Å². The molecule has 0 saturated carbocycles. The quantitative estimate of drug-likeness (QED) is 0.774. The highest BCUT2D eigenvalue weighted by molar-refractivity contribution is 5.94. The van der Waals surface area contributed by atoms with Crippen molar-refractivity contribution >= 4 is 11.8 Å². The second-order valence-corrected chi connectivity index (χ2v) is 7.43. The second-order valence-electron chi connectivity index (χ2n) is 7.43. The molecule has 1 saturated heterocycles. The molecule has 1 aliphatic heterocycles. The van der Waals surface area contributed by atoms with Gasteiger partial charge in [-0.25, -0.2) is 0 Å². The number of benzene rings is 2. The second kappa shape index (κ2) is 9.51. The topological polar surface area (TPSA) is 67.4 Å². The maximum Gasteiger partial charge on any atom is 0.251 e. The first-order valence-corrected chi connectivity index (χ1v) is 9.87. The Kier molecular flexibility index (Phi) is 6.82. The first kappa shape index (κ1) is 20.1. The summed E-state index contributed by atoms with van der Waals surface area (Å²) >= 11 is 0. The van der Waals surface area contributed by atoms with E-state index in [1.54, 1.807) is 0 Å². The van der Waals surface area contributed by atoms with Crippen LogP contribution in [0, 0.1) is 0 Å². The molecule has 2 amide bonds. The Morgan fingerprint density at radius 3 is 2.29 bits per heavy atom. The molecular weight excluding hydrogens is 352 g/mol. The van der Waals surface area contributed by atoms with Crippen molar-refractivity contribution in [2.24, 2.45) is 0 Å². The van der Waals surface area contributed by atoms with Crippen molar-refractivity contribution in [3.05, 3.63) is 59.7 Å². The van der Waals surface area contributed by atoms with Crippen LogP contribution < -0.4 is 10.6 Å². The van der Waals surface area contributed by atoms with Crippen LogP contribution in [0.5, 0.6) is 0 Å². The molecule has 5 heteroatoms. The van der Waals surface area contributed by atoms with Gasteiger partial charge in [-0.15, -0.1) is 0 Å². The monoisotopic (exact) mass is 380 g/mol. The first-order chi connectivity index (χ1) is 13.5. The van der Waals surface area contributed by atoms with Crippen LogP contribution in [0.1, 0.15) is 42.6 Å². The average Bonchev–Trinajstić information content (AvgIpc) is 3.20. The molecule has 2 aromatic rings. The highest BCUT2D eigenvalue weighted by Crippen LogP contribution is 2.21. The minimum atomic E-state index is -0.0654. The summed E-state index contributed by atoms with van der Waals surface area (Å²) in [7, 11) is 0. The zero-order valence-corrected chi connectivity index (χ0v) is 16.5. The maximum absolute atomic E-state index is 12.3. The van der Waals surface area contributed by atoms with Gasteiger partial charge >= 0.3 is 0 Å². The van der Waals surface area contributed by atoms with Gasteiger partial charge in [-0.2, -0.15) is 0 Å². The van der Waals surface area contributed by atoms with E-state index in [1.165, 1.54) is 12.5 Å². The van der Waals surface area contributed by atoms with Crippen molar-refractivity contribution in [3.63, 3.8) is 0 Å². The summed E-state index contributed by atoms with van der Waals surface area (Å²) < 4.78 is 5.53. The van der Waals surface area contributed by atoms with E-state index >= 15 is 0 Å². The Hall–Kier alpha value is -2.66. The standard InChI is InChI=1S/C23H28N2O3/c1-16(25-17(2)26)14-18-5-7-19(8-6-18)20-9-11-21(12-10-20)23(27)24-15-22-4-3-13-28-22/h5-12,16,22H,3-4,13-15H2,1-2H3,(H,24,27)(H,25,26). The molecule has 1 heterocycles. The number of carbonyl (C=O) groups excluding carboxylic acids is 2. The predicted octanol–water partition coefficient (Wildman–Crippen LogP) is 3.33. The third kappa shape index (κ3) is 5.67. The summed E-state index contributed by atoms with van der Waals surface area (Å²) in [5.74, 6) is -0.0756. The number of rotatable bonds is 7. The van der Waals surface area contributed by atoms with Gasteiger partial charge in [0.15, 0.2) is 0 Å². The summed E-state index contributed by atoms with van der Waals surface area (Å²) in [6.45, 7) is 4.89. The van der Waals surface area contributed by atoms with Crippen LogP contribution in [0.4, 0.5) is 0 Å². The van der Waals surface area contributed by atoms with E-state index in [4.69, 9.17) is 4.74 Å². The van der Waals surface area contributed by atoms with Gasteiger partial charge in [0.1, 0.15) is 0 Å². The number of carbonyl (C=O) groups is 2. The highest BCUT2D eigenvalue weighted by Gasteiger charge is 2.16. The van der Waals surface area contributed by atoms with Gasteiger partial charge < -0.3 is 15.4 Å². The van der Waals surface area contributed by atoms with E-state index < -0.39 is 0 Å². The molecule has 5 nitrogen and oxygen atoms in total. The van der Waals surface area contributed by atoms with Gasteiger partial charge in [0.05, 0.1) is 6.10 Å². The third-order valence-electron chi connectivity index (χ3n) is 4.94. The molecular formula is C23H28N2O3. The van der Waals surface area contributed by atoms with Crippen LogP contribution in [-0.2, 0) is 16.0 Å². The molecule has 28 heavy (non-hydrogen) atoms. The molecule has 2 atom stereocenters. The molecule has 2 aromatic carbocycles. The minimum Gasteiger partial charge on any atom is -0.376 e. The molecule has 3 rings (SSSR count). The normalized spacial score (nSPS) is 17.1. The van der Waals surface area contributed by atoms with E-state index in [1.807, 2.05) is 31.2 Å². The summed E-state index contributed by atoms with van der Waals surface area (Å²) in [4.78, 5) is 23.4. The van der Waals surface area contributed by atoms with E-state index in [-0.39, 0.29) is 24.0 Å². The summed E-state index contributed by atoms with van der Waals surface area (Å²) in [6, 6.07) is 16.1. The SMILES string of the molecule is CC(=O)NC(C)Cc1ccc(-c2ccc(C(=O)NCC3CCCO3)cc2)cc1. The Balaban J connectivity index is 1.56. The molecule has 0 aliphatic carbocycles. The van der Waals surface area contributed by atoms with Gasteiger partial charge in [-0.05, 0) is 55.0 Å². The van der Waals surface area contributed by atoms with Crippen LogP contribution in [0.2, 0.25) is 0 Å². The first-order valence-electron chi connectivity index (χ1n) is 9.87. The van der Waals surface area contributed by atoms with E-state index in [2.05, 4.69) is 34.9 Å². The van der Waals surface area contributed by atoms with Crippen molar-refractivity contribution in [2.45, 2.75) is 45.3 Å². The van der Waals surface area contributed by atoms with Crippen molar-refractivity contribution < 1.29 is 14.3 Å². The molecule has 0 aromatic heterocycles. The summed E-state index contributed by atoms with van der Waals surface area (Å²) in [5.41, 5.74) is 4.00. The minimum absolute atomic E-state index is 0.0102. The molecule has 1 fully saturated rings. The van der Waals surface area contributed by atoms with E-state index in [9.17, 15) is 9.59 Å². The summed E-state index contributed by atoms with van der Waals surface area (Å²) in [5, 5.41) is 5.84. The number of ether oxygens (including phenoxy) is 1. The Morgan fingerprint density at radius 1 is 1.07 bits per heavy atom. The molecule has 0 radical (unpaired) electrons. The molecule has 2 unspecified atom stereocenters. The lowest BCUT2D eigenvalue weighted by molar-refractivity contribution is -0.119. The van der Waals surface area contributed by atoms with E-state index in [0.717, 1.165) is 37.0 Å². The lowest BCUT2D eigenvalue weighted by atomic mass is 10.00. The fourth-order valence-corrected chi connectivity index (χ4v) is 3.51. The Morgan fingerprint density at radius 2 is 1.71 bits per heavy atom. The van der Waals surface area contributed by atoms with Crippen molar-refractivity contribution in [3.8, 4) is 11.1 Å². The number of hydrogen-bond acceptors (Lipinski definition) is 3. The van der Waals surface area contributed by atoms with Gasteiger partial charge in [0.2, 0.25) is 5.91 Å². The third-order valence-corrected chi connectivity index (χ3v) is 4.94. The number of amides is 2. The highest BCUT2D eigenvalue weighted by atomic mass is 16.5. The molecule has 2 N–H and O–H groups in total. The van der Waals surface area contributed by atoms with Crippen LogP contribution in [0.3, 0.4) is 0 Å². The zero-order chi connectivity index (χ0) is 19.9. The van der Waals surface area contributed by atoms with Crippen molar-refractivity contribution in [1.82, 2.24) is 10.6 Å². The number of nitrogens with one attached hydrogen (secondary N) is 2. The average molecular weight is 380 g/mol. The predicted molar refractivity (Wildman–Crippen MR) is 110 cm³/mol. The zero-order valence-electron chi connectivity index (χ0n) is 16.5. The molecule has 0 spiro atoms. The molecule has 0 bridgehead atoms. The Bertz CT molecular complexity index is 794. The molecule has 148 valence electrons. The van der Waals surface area contributed by atoms with Crippen LogP contribution in [-0.4, -0.2) is 37.1 Å². The van der Waals surface area contributed by atoms with Crippen LogP contribution in [0.15, 0.2) is 48.5 Å². The summed E-state index contributed by atoms with van der Waals surface area (Å²) in [6.07, 6.45) is 3.03. The van der Waals surface area contributed by atoms with Gasteiger partial charge in [-0.3, -0.25) is 9.59 Å². The van der Waals surface area contributed by atoms with Gasteiger partial charge in [0, 0.05) is 31.7 Å². The largest absolute Gasteiger partial charge is 0.376 e. The van der Waals surface area contributed by atoms with Crippen molar-refractivity contribution in [2.75, 3.05) is 13.2 Å². The van der Waals surface area contributed by atoms with Gasteiger partial charge in [-0.1, -0.05) is 36.4 Å². The van der Waals surface area contributed by atoms with Crippen molar-refractivity contribution in [1.29, 1.82) is 0 Å². The lowest BCUT2D eigenvalue weighted by Crippen LogP contribution is -2.31. The smallest absolute Gasteiger partial charge is 0.251 e. The van der Waals surface area contributed by atoms with Crippen LogP contribution >= 0.6 is 0 Å². The lowest BCUT2D eigenvalue weighted by Gasteiger charge is -2.13. The fraction of sp³-hybridized carbons (Fsp3) is 0.391. The number of hydrogen-bond donors (Lipinski definition) is 2. The molecule has 1 aliphatic rings. The van der Waals surface area contributed by atoms with Gasteiger partial charge in [0.25, 0.3) is 5.91 Å².